The third-order valence-corrected chi connectivity index (χ3v) is 4.19. The fourth-order valence-corrected chi connectivity index (χ4v) is 2.48. The zero-order valence-electron chi connectivity index (χ0n) is 13.2. The number of aryl methyl sites for hydroxylation is 1. The molecule has 5 nitrogen and oxygen atoms in total. The van der Waals surface area contributed by atoms with Gasteiger partial charge in [-0.25, -0.2) is 0 Å². The maximum Gasteiger partial charge on any atom is 0.271 e. The molecule has 0 saturated carbocycles. The molecular formula is C16H24N2O3S. The van der Waals surface area contributed by atoms with E-state index < -0.39 is 5.44 Å². The second-order valence-corrected chi connectivity index (χ2v) is 5.88. The first-order valence-corrected chi connectivity index (χ1v) is 8.08. The summed E-state index contributed by atoms with van der Waals surface area (Å²) in [5.41, 5.74) is 1.36. The van der Waals surface area contributed by atoms with E-state index in [4.69, 9.17) is 9.47 Å². The minimum Gasteiger partial charge on any atom is -0.470 e. The average molecular weight is 324 g/mol. The van der Waals surface area contributed by atoms with E-state index in [0.717, 1.165) is 44.0 Å². The predicted molar refractivity (Wildman–Crippen MR) is 89.6 cm³/mol. The number of hydrogen-bond acceptors (Lipinski definition) is 5. The molecule has 1 heterocycles. The number of thiol groups is 1. The van der Waals surface area contributed by atoms with Gasteiger partial charge in [-0.1, -0.05) is 12.1 Å². The van der Waals surface area contributed by atoms with Crippen LogP contribution in [0.5, 0.6) is 5.75 Å². The van der Waals surface area contributed by atoms with Gasteiger partial charge in [0.1, 0.15) is 5.75 Å². The summed E-state index contributed by atoms with van der Waals surface area (Å²) in [6, 6.07) is 5.78. The summed E-state index contributed by atoms with van der Waals surface area (Å²) in [5, 5.41) is 2.86. The molecule has 6 heteroatoms. The Morgan fingerprint density at radius 3 is 2.86 bits per heavy atom. The van der Waals surface area contributed by atoms with Crippen LogP contribution in [0.1, 0.15) is 11.1 Å². The summed E-state index contributed by atoms with van der Waals surface area (Å²) in [6.45, 7) is 8.75. The highest BCUT2D eigenvalue weighted by Gasteiger charge is 2.17. The zero-order valence-corrected chi connectivity index (χ0v) is 14.1. The Morgan fingerprint density at radius 2 is 2.14 bits per heavy atom. The number of nitrogens with one attached hydrogen (secondary N) is 1. The lowest BCUT2D eigenvalue weighted by molar-refractivity contribution is -0.124. The number of rotatable bonds is 6. The molecule has 0 aliphatic carbocycles. The van der Waals surface area contributed by atoms with Crippen molar-refractivity contribution in [3.63, 3.8) is 0 Å². The molecule has 1 aromatic carbocycles. The molecule has 122 valence electrons. The highest BCUT2D eigenvalue weighted by molar-refractivity contribution is 7.81. The van der Waals surface area contributed by atoms with E-state index in [1.807, 2.05) is 32.0 Å². The summed E-state index contributed by atoms with van der Waals surface area (Å²) in [5.74, 6) is 0.487. The Labute approximate surface area is 137 Å². The maximum atomic E-state index is 12.0. The van der Waals surface area contributed by atoms with Gasteiger partial charge in [0.05, 0.1) is 13.2 Å². The fourth-order valence-electron chi connectivity index (χ4n) is 2.27. The summed E-state index contributed by atoms with van der Waals surface area (Å²) in [4.78, 5) is 14.3. The van der Waals surface area contributed by atoms with Crippen molar-refractivity contribution in [1.29, 1.82) is 0 Å². The number of benzene rings is 1. The van der Waals surface area contributed by atoms with Gasteiger partial charge >= 0.3 is 0 Å². The van der Waals surface area contributed by atoms with Crippen LogP contribution in [0.4, 0.5) is 0 Å². The van der Waals surface area contributed by atoms with Crippen molar-refractivity contribution in [2.24, 2.45) is 0 Å². The lowest BCUT2D eigenvalue weighted by Gasteiger charge is -2.26. The molecule has 22 heavy (non-hydrogen) atoms. The molecule has 1 aromatic rings. The maximum absolute atomic E-state index is 12.0. The van der Waals surface area contributed by atoms with Gasteiger partial charge in [-0.05, 0) is 31.0 Å². The number of carbonyl (C=O) groups excluding carboxylic acids is 1. The quantitative estimate of drug-likeness (QED) is 0.613. The van der Waals surface area contributed by atoms with E-state index >= 15 is 0 Å². The smallest absolute Gasteiger partial charge is 0.271 e. The molecular weight excluding hydrogens is 300 g/mol. The van der Waals surface area contributed by atoms with Gasteiger partial charge in [0.25, 0.3) is 5.91 Å². The second kappa shape index (κ2) is 8.41. The topological polar surface area (TPSA) is 50.8 Å². The van der Waals surface area contributed by atoms with Gasteiger partial charge in [0, 0.05) is 26.2 Å². The van der Waals surface area contributed by atoms with Crippen LogP contribution in [-0.4, -0.2) is 55.6 Å². The summed E-state index contributed by atoms with van der Waals surface area (Å²) >= 11 is 4.25. The molecule has 1 atom stereocenters. The van der Waals surface area contributed by atoms with Gasteiger partial charge in [-0.15, -0.1) is 12.6 Å². The minimum absolute atomic E-state index is 0.211. The normalized spacial score (nSPS) is 17.0. The average Bonchev–Trinajstić information content (AvgIpc) is 2.52. The number of amides is 1. The van der Waals surface area contributed by atoms with Crippen LogP contribution in [0.2, 0.25) is 0 Å². The first-order chi connectivity index (χ1) is 10.6. The molecule has 0 bridgehead atoms. The van der Waals surface area contributed by atoms with Gasteiger partial charge in [0.15, 0.2) is 0 Å². The Morgan fingerprint density at radius 1 is 1.41 bits per heavy atom. The first-order valence-electron chi connectivity index (χ1n) is 7.56. The summed E-state index contributed by atoms with van der Waals surface area (Å²) in [6.07, 6.45) is 0. The van der Waals surface area contributed by atoms with Crippen LogP contribution in [0.3, 0.4) is 0 Å². The lowest BCUT2D eigenvalue weighted by Crippen LogP contribution is -2.43. The molecule has 2 rings (SSSR count). The zero-order chi connectivity index (χ0) is 15.9. The Balaban J connectivity index is 1.75. The molecule has 0 spiro atoms. The molecule has 0 aromatic heterocycles. The first kappa shape index (κ1) is 17.1. The minimum atomic E-state index is -0.801. The molecule has 1 saturated heterocycles. The summed E-state index contributed by atoms with van der Waals surface area (Å²) < 4.78 is 10.9. The third-order valence-electron chi connectivity index (χ3n) is 3.85. The molecule has 0 radical (unpaired) electrons. The van der Waals surface area contributed by atoms with Crippen molar-refractivity contribution in [2.45, 2.75) is 19.3 Å². The molecule has 1 fully saturated rings. The van der Waals surface area contributed by atoms with Gasteiger partial charge in [0.2, 0.25) is 5.44 Å². The monoisotopic (exact) mass is 324 g/mol. The molecule has 1 aliphatic heterocycles. The van der Waals surface area contributed by atoms with Crippen molar-refractivity contribution in [3.8, 4) is 5.75 Å². The summed E-state index contributed by atoms with van der Waals surface area (Å²) in [7, 11) is 0. The Kier molecular flexibility index (Phi) is 6.54. The number of hydrogen-bond donors (Lipinski definition) is 2. The predicted octanol–water partition coefficient (Wildman–Crippen LogP) is 1.39. The van der Waals surface area contributed by atoms with E-state index in [0.29, 0.717) is 12.3 Å². The SMILES string of the molecule is Cc1cccc(OC(S)C(=O)NCCN2CCOCC2)c1C. The van der Waals surface area contributed by atoms with E-state index in [9.17, 15) is 4.79 Å². The van der Waals surface area contributed by atoms with Crippen molar-refractivity contribution >= 4 is 18.5 Å². The van der Waals surface area contributed by atoms with Crippen molar-refractivity contribution in [1.82, 2.24) is 10.2 Å². The second-order valence-electron chi connectivity index (χ2n) is 5.41. The van der Waals surface area contributed by atoms with Crippen LogP contribution in [0.15, 0.2) is 18.2 Å². The number of ether oxygens (including phenoxy) is 2. The number of morpholine rings is 1. The fraction of sp³-hybridized carbons (Fsp3) is 0.562. The third kappa shape index (κ3) is 4.90. The molecule has 1 amide bonds. The van der Waals surface area contributed by atoms with Crippen molar-refractivity contribution in [2.75, 3.05) is 39.4 Å². The van der Waals surface area contributed by atoms with Crippen LogP contribution < -0.4 is 10.1 Å². The van der Waals surface area contributed by atoms with Crippen molar-refractivity contribution in [3.05, 3.63) is 29.3 Å². The molecule has 1 aliphatic rings. The van der Waals surface area contributed by atoms with Crippen molar-refractivity contribution < 1.29 is 14.3 Å². The van der Waals surface area contributed by atoms with Gasteiger partial charge in [-0.2, -0.15) is 0 Å². The van der Waals surface area contributed by atoms with E-state index in [1.54, 1.807) is 0 Å². The van der Waals surface area contributed by atoms with E-state index in [2.05, 4.69) is 22.8 Å². The van der Waals surface area contributed by atoms with E-state index in [1.165, 1.54) is 0 Å². The Hall–Kier alpha value is -1.24. The molecule has 1 N–H and O–H groups in total. The number of nitrogens with zero attached hydrogens (tertiary/aromatic N) is 1. The number of carbonyl (C=O) groups is 1. The van der Waals surface area contributed by atoms with E-state index in [-0.39, 0.29) is 5.91 Å². The highest BCUT2D eigenvalue weighted by Crippen LogP contribution is 2.22. The Bertz CT molecular complexity index is 504. The van der Waals surface area contributed by atoms with Crippen LogP contribution in [0.25, 0.3) is 0 Å². The van der Waals surface area contributed by atoms with Gasteiger partial charge in [-0.3, -0.25) is 9.69 Å². The standard InChI is InChI=1S/C16H24N2O3S/c1-12-4-3-5-14(13(12)2)21-16(22)15(19)17-6-7-18-8-10-20-11-9-18/h3-5,16,22H,6-11H2,1-2H3,(H,17,19). The highest BCUT2D eigenvalue weighted by atomic mass is 32.1. The van der Waals surface area contributed by atoms with Crippen LogP contribution >= 0.6 is 12.6 Å². The lowest BCUT2D eigenvalue weighted by atomic mass is 10.1. The van der Waals surface area contributed by atoms with Gasteiger partial charge < -0.3 is 14.8 Å². The van der Waals surface area contributed by atoms with Crippen LogP contribution in [0, 0.1) is 13.8 Å². The molecule has 1 unspecified atom stereocenters. The largest absolute Gasteiger partial charge is 0.470 e. The van der Waals surface area contributed by atoms with Crippen LogP contribution in [-0.2, 0) is 9.53 Å².